The van der Waals surface area contributed by atoms with Crippen LogP contribution in [0.4, 0.5) is 0 Å². The molecule has 9 heteroatoms. The summed E-state index contributed by atoms with van der Waals surface area (Å²) in [6.07, 6.45) is 9.07. The standard InChI is InChI=1S/C52H77NO7S/c1-13-51(14-2,53(11)61(55,56)39-22-20-36(5)21-23-39)33-60-45-42(57-12)30-52-34-58-32-48(45,8)43(52)25-24-40-41(52)26-27-50(10)44(46(54)59-31-38-18-16-15-17-19-38)47(7,37(6)35(3)4)28-29-49(40,50)9/h15-23,26,35,37,40,42-45H,13-14,24-25,27-34H2,1-12H3/t37-,40+,42-,43+,44-,45+,47-,48+,49-,50+,52+/m1/s1. The predicted octanol–water partition coefficient (Wildman–Crippen LogP) is 10.8. The Labute approximate surface area is 369 Å². The normalized spacial score (nSPS) is 36.7. The number of nitrogens with zero attached hydrogens (tertiary/aromatic N) is 1. The summed E-state index contributed by atoms with van der Waals surface area (Å²) in [5.74, 6) is 1.10. The first-order chi connectivity index (χ1) is 28.7. The van der Waals surface area contributed by atoms with Crippen LogP contribution in [-0.2, 0) is 40.4 Å². The van der Waals surface area contributed by atoms with E-state index in [1.54, 1.807) is 23.5 Å². The molecule has 2 bridgehead atoms. The number of hydrogen-bond acceptors (Lipinski definition) is 7. The van der Waals surface area contributed by atoms with Crippen LogP contribution < -0.4 is 0 Å². The van der Waals surface area contributed by atoms with E-state index in [9.17, 15) is 13.2 Å². The van der Waals surface area contributed by atoms with Gasteiger partial charge >= 0.3 is 5.97 Å². The third kappa shape index (κ3) is 7.21. The maximum Gasteiger partial charge on any atom is 0.310 e. The van der Waals surface area contributed by atoms with Gasteiger partial charge in [-0.25, -0.2) is 8.42 Å². The van der Waals surface area contributed by atoms with Gasteiger partial charge in [0.15, 0.2) is 0 Å². The lowest BCUT2D eigenvalue weighted by molar-refractivity contribution is -0.271. The molecule has 1 saturated heterocycles. The van der Waals surface area contributed by atoms with Gasteiger partial charge in [-0.1, -0.05) is 122 Å². The number of methoxy groups -OCH3 is 1. The molecule has 1 heterocycles. The summed E-state index contributed by atoms with van der Waals surface area (Å²) >= 11 is 0. The first-order valence-electron chi connectivity index (χ1n) is 23.4. The zero-order valence-corrected chi connectivity index (χ0v) is 40.3. The van der Waals surface area contributed by atoms with Crippen molar-refractivity contribution in [2.45, 2.75) is 150 Å². The largest absolute Gasteiger partial charge is 0.461 e. The number of allylic oxidation sites excluding steroid dienone is 1. The summed E-state index contributed by atoms with van der Waals surface area (Å²) in [6, 6.07) is 17.2. The van der Waals surface area contributed by atoms with E-state index in [4.69, 9.17) is 18.9 Å². The molecule has 4 aliphatic carbocycles. The van der Waals surface area contributed by atoms with Gasteiger partial charge in [0.05, 0.1) is 48.4 Å². The number of carbonyl (C=O) groups excluding carboxylic acids is 1. The van der Waals surface area contributed by atoms with E-state index in [2.05, 4.69) is 68.4 Å². The van der Waals surface area contributed by atoms with Gasteiger partial charge in [-0.2, -0.15) is 4.31 Å². The van der Waals surface area contributed by atoms with Crippen molar-refractivity contribution in [3.8, 4) is 0 Å². The second kappa shape index (κ2) is 16.8. The third-order valence-corrected chi connectivity index (χ3v) is 20.8. The van der Waals surface area contributed by atoms with Gasteiger partial charge < -0.3 is 18.9 Å². The van der Waals surface area contributed by atoms with Crippen LogP contribution in [0.5, 0.6) is 0 Å². The van der Waals surface area contributed by atoms with Gasteiger partial charge in [0.25, 0.3) is 0 Å². The van der Waals surface area contributed by atoms with Gasteiger partial charge in [-0.3, -0.25) is 4.79 Å². The first-order valence-corrected chi connectivity index (χ1v) is 24.9. The highest BCUT2D eigenvalue weighted by Gasteiger charge is 2.72. The van der Waals surface area contributed by atoms with Gasteiger partial charge in [0, 0.05) is 25.0 Å². The number of benzene rings is 2. The van der Waals surface area contributed by atoms with Crippen LogP contribution in [0.2, 0.25) is 0 Å². The minimum absolute atomic E-state index is 0.0470. The second-order valence-corrected chi connectivity index (χ2v) is 23.5. The van der Waals surface area contributed by atoms with Crippen LogP contribution in [0.15, 0.2) is 71.1 Å². The summed E-state index contributed by atoms with van der Waals surface area (Å²) in [4.78, 5) is 15.2. The highest BCUT2D eigenvalue weighted by atomic mass is 32.2. The summed E-state index contributed by atoms with van der Waals surface area (Å²) in [5.41, 5.74) is 1.61. The molecule has 0 N–H and O–H groups in total. The van der Waals surface area contributed by atoms with Crippen molar-refractivity contribution in [3.63, 3.8) is 0 Å². The monoisotopic (exact) mass is 860 g/mol. The van der Waals surface area contributed by atoms with E-state index in [1.165, 1.54) is 5.57 Å². The van der Waals surface area contributed by atoms with Gasteiger partial charge in [0.1, 0.15) is 6.61 Å². The van der Waals surface area contributed by atoms with E-state index in [-0.39, 0.29) is 57.8 Å². The summed E-state index contributed by atoms with van der Waals surface area (Å²) < 4.78 is 56.7. The molecule has 0 radical (unpaired) electrons. The number of aryl methyl sites for hydroxylation is 1. The summed E-state index contributed by atoms with van der Waals surface area (Å²) in [7, 11) is -0.246. The average Bonchev–Trinajstić information content (AvgIpc) is 3.24. The Kier molecular flexibility index (Phi) is 12.8. The van der Waals surface area contributed by atoms with Crippen LogP contribution in [0, 0.1) is 63.6 Å². The second-order valence-electron chi connectivity index (χ2n) is 21.5. The fourth-order valence-corrected chi connectivity index (χ4v) is 15.8. The highest BCUT2D eigenvalue weighted by Crippen LogP contribution is 2.75. The lowest BCUT2D eigenvalue weighted by Gasteiger charge is -2.71. The van der Waals surface area contributed by atoms with Crippen LogP contribution in [0.1, 0.15) is 125 Å². The van der Waals surface area contributed by atoms with E-state index in [0.717, 1.165) is 49.7 Å². The molecule has 0 amide bonds. The maximum atomic E-state index is 14.9. The fourth-order valence-electron chi connectivity index (χ4n) is 14.2. The predicted molar refractivity (Wildman–Crippen MR) is 242 cm³/mol. The molecular weight excluding hydrogens is 783 g/mol. The minimum Gasteiger partial charge on any atom is -0.461 e. The van der Waals surface area contributed by atoms with Crippen LogP contribution >= 0.6 is 0 Å². The summed E-state index contributed by atoms with van der Waals surface area (Å²) in [5, 5.41) is 0. The van der Waals surface area contributed by atoms with Gasteiger partial charge in [0.2, 0.25) is 10.0 Å². The van der Waals surface area contributed by atoms with Crippen LogP contribution in [-0.4, -0.2) is 70.4 Å². The Balaban J connectivity index is 1.21. The number of carbonyl (C=O) groups is 1. The molecule has 3 saturated carbocycles. The Bertz CT molecular complexity index is 2030. The number of hydrogen-bond donors (Lipinski definition) is 0. The molecule has 4 fully saturated rings. The number of ether oxygens (including phenoxy) is 4. The molecular formula is C52H77NO7S. The Morgan fingerprint density at radius 2 is 1.61 bits per heavy atom. The molecule has 0 unspecified atom stereocenters. The maximum absolute atomic E-state index is 14.9. The number of rotatable bonds is 14. The molecule has 0 spiro atoms. The quantitative estimate of drug-likeness (QED) is 0.138. The molecule has 338 valence electrons. The molecule has 5 aliphatic rings. The third-order valence-electron chi connectivity index (χ3n) is 18.8. The van der Waals surface area contributed by atoms with E-state index in [1.807, 2.05) is 56.5 Å². The molecule has 2 aromatic rings. The van der Waals surface area contributed by atoms with E-state index in [0.29, 0.717) is 61.2 Å². The number of likely N-dealkylation sites (N-methyl/N-ethyl adjacent to an activating group) is 1. The van der Waals surface area contributed by atoms with Crippen molar-refractivity contribution >= 4 is 16.0 Å². The lowest BCUT2D eigenvalue weighted by Crippen LogP contribution is -2.70. The zero-order valence-electron chi connectivity index (χ0n) is 39.5. The molecule has 2 aromatic carbocycles. The summed E-state index contributed by atoms with van der Waals surface area (Å²) in [6.45, 7) is 24.5. The first kappa shape index (κ1) is 46.4. The van der Waals surface area contributed by atoms with Crippen LogP contribution in [0.3, 0.4) is 0 Å². The average molecular weight is 860 g/mol. The Morgan fingerprint density at radius 3 is 2.23 bits per heavy atom. The van der Waals surface area contributed by atoms with Crippen molar-refractivity contribution in [1.82, 2.24) is 4.31 Å². The zero-order chi connectivity index (χ0) is 44.4. The fraction of sp³-hybridized carbons (Fsp3) is 0.712. The van der Waals surface area contributed by atoms with E-state index >= 15 is 0 Å². The Morgan fingerprint density at radius 1 is 0.934 bits per heavy atom. The molecule has 0 aromatic heterocycles. The van der Waals surface area contributed by atoms with Gasteiger partial charge in [-0.05, 0) is 116 Å². The molecule has 61 heavy (non-hydrogen) atoms. The SMILES string of the molecule is CCC(CC)(CO[C@H]1[C@H](OC)C[C@@]23COC[C@@]1(C)[C@@H]2CC[C@H]1C3=CC[C@@]2(C)[C@H](C(=O)OCc3ccccc3)[C@@](C)([C@H](C)C(C)C)CC[C@]12C)N(C)S(=O)(=O)c1ccc(C)cc1. The molecule has 8 nitrogen and oxygen atoms in total. The Hall–Kier alpha value is -2.56. The smallest absolute Gasteiger partial charge is 0.310 e. The van der Waals surface area contributed by atoms with Crippen LogP contribution in [0.25, 0.3) is 0 Å². The van der Waals surface area contributed by atoms with E-state index < -0.39 is 15.6 Å². The van der Waals surface area contributed by atoms with Crippen molar-refractivity contribution in [2.75, 3.05) is 34.0 Å². The highest BCUT2D eigenvalue weighted by molar-refractivity contribution is 7.89. The van der Waals surface area contributed by atoms with Crippen molar-refractivity contribution < 1.29 is 32.2 Å². The van der Waals surface area contributed by atoms with Gasteiger partial charge in [-0.15, -0.1) is 0 Å². The van der Waals surface area contributed by atoms with Crippen molar-refractivity contribution in [1.29, 1.82) is 0 Å². The van der Waals surface area contributed by atoms with Crippen molar-refractivity contribution in [2.24, 2.45) is 56.7 Å². The number of sulfonamides is 1. The van der Waals surface area contributed by atoms with Crippen molar-refractivity contribution in [3.05, 3.63) is 77.4 Å². The topological polar surface area (TPSA) is 91.4 Å². The number of fused-ring (bicyclic) bond motifs is 3. The minimum atomic E-state index is -3.78. The molecule has 11 atom stereocenters. The number of esters is 1. The lowest BCUT2D eigenvalue weighted by atomic mass is 9.34. The molecule has 7 rings (SSSR count). The molecule has 1 aliphatic heterocycles.